The summed E-state index contributed by atoms with van der Waals surface area (Å²) >= 11 is 0. The first-order valence-electron chi connectivity index (χ1n) is 10.3. The molecule has 0 unspecified atom stereocenters. The number of aromatic nitrogens is 1. The number of piperidine rings is 1. The quantitative estimate of drug-likeness (QED) is 0.775. The van der Waals surface area contributed by atoms with Crippen LogP contribution >= 0.6 is 0 Å². The average molecular weight is 397 g/mol. The van der Waals surface area contributed by atoms with Crippen molar-refractivity contribution in [3.8, 4) is 11.5 Å². The fourth-order valence-electron chi connectivity index (χ4n) is 4.01. The number of rotatable bonds is 5. The minimum Gasteiger partial charge on any atom is -0.441 e. The Morgan fingerprint density at radius 1 is 1.14 bits per heavy atom. The maximum Gasteiger partial charge on any atom is 0.248 e. The van der Waals surface area contributed by atoms with Crippen LogP contribution in [0.5, 0.6) is 0 Å². The zero-order valence-electron chi connectivity index (χ0n) is 16.8. The first-order valence-corrected chi connectivity index (χ1v) is 10.3. The highest BCUT2D eigenvalue weighted by Gasteiger charge is 2.33. The van der Waals surface area contributed by atoms with Gasteiger partial charge in [0, 0.05) is 44.1 Å². The van der Waals surface area contributed by atoms with Crippen LogP contribution in [0.2, 0.25) is 0 Å². The second-order valence-corrected chi connectivity index (χ2v) is 7.56. The van der Waals surface area contributed by atoms with E-state index in [4.69, 9.17) is 9.15 Å². The molecule has 4 rings (SSSR count). The fourth-order valence-corrected chi connectivity index (χ4v) is 4.01. The van der Waals surface area contributed by atoms with E-state index in [1.807, 2.05) is 42.2 Å². The van der Waals surface area contributed by atoms with Crippen molar-refractivity contribution in [3.05, 3.63) is 41.8 Å². The van der Waals surface area contributed by atoms with Crippen molar-refractivity contribution in [3.63, 3.8) is 0 Å². The van der Waals surface area contributed by atoms with Crippen LogP contribution in [0.1, 0.15) is 31.2 Å². The number of likely N-dealkylation sites (tertiary alicyclic amines) is 1. The highest BCUT2D eigenvalue weighted by atomic mass is 16.5. The van der Waals surface area contributed by atoms with E-state index >= 15 is 0 Å². The van der Waals surface area contributed by atoms with E-state index in [0.29, 0.717) is 57.9 Å². The molecule has 2 aliphatic heterocycles. The molecule has 2 aliphatic rings. The predicted molar refractivity (Wildman–Crippen MR) is 107 cm³/mol. The van der Waals surface area contributed by atoms with E-state index in [1.54, 1.807) is 4.90 Å². The van der Waals surface area contributed by atoms with Crippen LogP contribution in [0, 0.1) is 5.92 Å². The lowest BCUT2D eigenvalue weighted by atomic mass is 9.94. The molecule has 0 bridgehead atoms. The van der Waals surface area contributed by atoms with E-state index < -0.39 is 0 Å². The molecule has 1 fully saturated rings. The van der Waals surface area contributed by atoms with Crippen molar-refractivity contribution in [2.24, 2.45) is 5.92 Å². The van der Waals surface area contributed by atoms with Crippen LogP contribution in [0.3, 0.4) is 0 Å². The lowest BCUT2D eigenvalue weighted by molar-refractivity contribution is -0.143. The summed E-state index contributed by atoms with van der Waals surface area (Å²) in [5.74, 6) is 1.64. The number of benzene rings is 1. The van der Waals surface area contributed by atoms with Crippen molar-refractivity contribution >= 4 is 11.8 Å². The Kier molecular flexibility index (Phi) is 5.94. The van der Waals surface area contributed by atoms with Crippen LogP contribution in [0.4, 0.5) is 0 Å². The molecule has 7 nitrogen and oxygen atoms in total. The van der Waals surface area contributed by atoms with Gasteiger partial charge in [0.2, 0.25) is 17.7 Å². The minimum absolute atomic E-state index is 0.0106. The summed E-state index contributed by atoms with van der Waals surface area (Å²) in [6.45, 7) is 4.91. The number of hydrogen-bond acceptors (Lipinski definition) is 5. The average Bonchev–Trinajstić information content (AvgIpc) is 3.21. The van der Waals surface area contributed by atoms with Gasteiger partial charge in [-0.3, -0.25) is 9.59 Å². The number of carbonyl (C=O) groups excluding carboxylic acids is 2. The standard InChI is InChI=1S/C22H27N3O4/c1-2-28-15-20(26)24-11-8-17(9-12-24)22(27)25-13-10-19-18(14-25)23-21(29-19)16-6-4-3-5-7-16/h3-7,17H,2,8-15H2,1H3. The molecular weight excluding hydrogens is 370 g/mol. The molecule has 0 saturated carbocycles. The number of amides is 2. The summed E-state index contributed by atoms with van der Waals surface area (Å²) in [7, 11) is 0. The number of nitrogens with zero attached hydrogens (tertiary/aromatic N) is 3. The third kappa shape index (κ3) is 4.34. The molecule has 1 aromatic carbocycles. The van der Waals surface area contributed by atoms with Gasteiger partial charge in [0.05, 0.1) is 6.54 Å². The van der Waals surface area contributed by atoms with E-state index in [2.05, 4.69) is 4.98 Å². The SMILES string of the molecule is CCOCC(=O)N1CCC(C(=O)N2CCc3oc(-c4ccccc4)nc3C2)CC1. The summed E-state index contributed by atoms with van der Waals surface area (Å²) in [5, 5.41) is 0. The molecule has 154 valence electrons. The van der Waals surface area contributed by atoms with Crippen molar-refractivity contribution in [1.29, 1.82) is 0 Å². The van der Waals surface area contributed by atoms with Gasteiger partial charge in [-0.1, -0.05) is 18.2 Å². The molecule has 7 heteroatoms. The van der Waals surface area contributed by atoms with Gasteiger partial charge >= 0.3 is 0 Å². The molecule has 2 amide bonds. The highest BCUT2D eigenvalue weighted by Crippen LogP contribution is 2.28. The molecule has 0 spiro atoms. The zero-order valence-corrected chi connectivity index (χ0v) is 16.8. The van der Waals surface area contributed by atoms with E-state index in [0.717, 1.165) is 17.0 Å². The Morgan fingerprint density at radius 3 is 2.62 bits per heavy atom. The summed E-state index contributed by atoms with van der Waals surface area (Å²) in [6, 6.07) is 9.82. The van der Waals surface area contributed by atoms with Crippen LogP contribution in [0.25, 0.3) is 11.5 Å². The number of fused-ring (bicyclic) bond motifs is 1. The summed E-state index contributed by atoms with van der Waals surface area (Å²) in [5.41, 5.74) is 1.80. The molecule has 1 saturated heterocycles. The second kappa shape index (κ2) is 8.78. The number of ether oxygens (including phenoxy) is 1. The Balaban J connectivity index is 1.35. The normalized spacial score (nSPS) is 17.3. The van der Waals surface area contributed by atoms with Crippen molar-refractivity contribution in [1.82, 2.24) is 14.8 Å². The van der Waals surface area contributed by atoms with Crippen LogP contribution in [0.15, 0.2) is 34.7 Å². The molecule has 0 aliphatic carbocycles. The molecular formula is C22H27N3O4. The number of carbonyl (C=O) groups is 2. The summed E-state index contributed by atoms with van der Waals surface area (Å²) in [4.78, 5) is 33.4. The van der Waals surface area contributed by atoms with Gasteiger partial charge in [-0.25, -0.2) is 4.98 Å². The topological polar surface area (TPSA) is 75.9 Å². The summed E-state index contributed by atoms with van der Waals surface area (Å²) in [6.07, 6.45) is 2.09. The van der Waals surface area contributed by atoms with Gasteiger partial charge in [-0.05, 0) is 31.9 Å². The molecule has 1 aromatic heterocycles. The van der Waals surface area contributed by atoms with E-state index in [-0.39, 0.29) is 24.3 Å². The fraction of sp³-hybridized carbons (Fsp3) is 0.500. The first kappa shape index (κ1) is 19.6. The smallest absolute Gasteiger partial charge is 0.248 e. The molecule has 0 N–H and O–H groups in total. The molecule has 0 atom stereocenters. The van der Waals surface area contributed by atoms with Gasteiger partial charge in [-0.15, -0.1) is 0 Å². The lowest BCUT2D eigenvalue weighted by Gasteiger charge is -2.35. The number of hydrogen-bond donors (Lipinski definition) is 0. The monoisotopic (exact) mass is 397 g/mol. The second-order valence-electron chi connectivity index (χ2n) is 7.56. The summed E-state index contributed by atoms with van der Waals surface area (Å²) < 4.78 is 11.1. The number of oxazole rings is 1. The minimum atomic E-state index is -0.0341. The molecule has 2 aromatic rings. The van der Waals surface area contributed by atoms with Gasteiger partial charge in [0.15, 0.2) is 0 Å². The lowest BCUT2D eigenvalue weighted by Crippen LogP contribution is -2.46. The van der Waals surface area contributed by atoms with Crippen LogP contribution < -0.4 is 0 Å². The Morgan fingerprint density at radius 2 is 1.90 bits per heavy atom. The van der Waals surface area contributed by atoms with Crippen molar-refractivity contribution in [2.45, 2.75) is 32.7 Å². The van der Waals surface area contributed by atoms with Crippen LogP contribution in [-0.2, 0) is 27.3 Å². The third-order valence-electron chi connectivity index (χ3n) is 5.69. The maximum atomic E-state index is 13.0. The Bertz CT molecular complexity index is 856. The Hall–Kier alpha value is -2.67. The zero-order chi connectivity index (χ0) is 20.2. The molecule has 29 heavy (non-hydrogen) atoms. The molecule has 0 radical (unpaired) electrons. The molecule has 3 heterocycles. The predicted octanol–water partition coefficient (Wildman–Crippen LogP) is 2.50. The third-order valence-corrected chi connectivity index (χ3v) is 5.69. The van der Waals surface area contributed by atoms with Gasteiger partial charge in [0.1, 0.15) is 18.1 Å². The van der Waals surface area contributed by atoms with Gasteiger partial charge in [-0.2, -0.15) is 0 Å². The van der Waals surface area contributed by atoms with Crippen molar-refractivity contribution < 1.29 is 18.7 Å². The van der Waals surface area contributed by atoms with Crippen molar-refractivity contribution in [2.75, 3.05) is 32.8 Å². The van der Waals surface area contributed by atoms with E-state index in [1.165, 1.54) is 0 Å². The largest absolute Gasteiger partial charge is 0.441 e. The maximum absolute atomic E-state index is 13.0. The van der Waals surface area contributed by atoms with E-state index in [9.17, 15) is 9.59 Å². The highest BCUT2D eigenvalue weighted by molar-refractivity contribution is 5.80. The Labute approximate surface area is 170 Å². The van der Waals surface area contributed by atoms with Gasteiger partial charge in [0.25, 0.3) is 0 Å². The van der Waals surface area contributed by atoms with Gasteiger partial charge < -0.3 is 19.0 Å². The van der Waals surface area contributed by atoms with Crippen LogP contribution in [-0.4, -0.2) is 59.4 Å². The first-order chi connectivity index (χ1) is 14.2.